The summed E-state index contributed by atoms with van der Waals surface area (Å²) < 4.78 is 5.52. The molecule has 6 heteroatoms. The highest BCUT2D eigenvalue weighted by molar-refractivity contribution is 5.69. The predicted octanol–water partition coefficient (Wildman–Crippen LogP) is 3.02. The molecule has 1 aromatic carbocycles. The van der Waals surface area contributed by atoms with Crippen molar-refractivity contribution in [3.8, 4) is 0 Å². The Kier molecular flexibility index (Phi) is 7.25. The molecule has 1 amide bonds. The normalized spacial score (nSPS) is 20.3. The van der Waals surface area contributed by atoms with Gasteiger partial charge in [0.05, 0.1) is 12.6 Å². The van der Waals surface area contributed by atoms with Crippen molar-refractivity contribution in [1.82, 2.24) is 10.2 Å². The molecule has 2 N–H and O–H groups in total. The van der Waals surface area contributed by atoms with Crippen LogP contribution >= 0.6 is 0 Å². The number of amides is 1. The standard InChI is InChI=1S/C19H28N2O4/c1-14(2)21(19(24)25-13-15-8-4-3-5-9-15)17-11-7-6-10-16(17)20-12-18(22)23/h3-5,8-9,14,16-17,20H,6-7,10-13H2,1-2H3,(H,22,23). The Hall–Kier alpha value is -2.08. The summed E-state index contributed by atoms with van der Waals surface area (Å²) in [5.74, 6) is -0.882. The molecule has 0 heterocycles. The Morgan fingerprint density at radius 1 is 1.24 bits per heavy atom. The van der Waals surface area contributed by atoms with Crippen molar-refractivity contribution in [1.29, 1.82) is 0 Å². The largest absolute Gasteiger partial charge is 0.480 e. The molecule has 2 atom stereocenters. The lowest BCUT2D eigenvalue weighted by Crippen LogP contribution is -2.56. The van der Waals surface area contributed by atoms with Crippen LogP contribution in [0.25, 0.3) is 0 Å². The lowest BCUT2D eigenvalue weighted by Gasteiger charge is -2.41. The van der Waals surface area contributed by atoms with Gasteiger partial charge in [-0.15, -0.1) is 0 Å². The summed E-state index contributed by atoms with van der Waals surface area (Å²) in [7, 11) is 0. The minimum Gasteiger partial charge on any atom is -0.480 e. The Labute approximate surface area is 149 Å². The average molecular weight is 348 g/mol. The van der Waals surface area contributed by atoms with E-state index < -0.39 is 5.97 Å². The second-order valence-corrected chi connectivity index (χ2v) is 6.77. The molecule has 1 aliphatic carbocycles. The average Bonchev–Trinajstić information content (AvgIpc) is 2.60. The monoisotopic (exact) mass is 348 g/mol. The Morgan fingerprint density at radius 2 is 1.92 bits per heavy atom. The molecule has 1 saturated carbocycles. The quantitative estimate of drug-likeness (QED) is 0.792. The minimum absolute atomic E-state index is 0.0134. The van der Waals surface area contributed by atoms with E-state index >= 15 is 0 Å². The molecule has 25 heavy (non-hydrogen) atoms. The van der Waals surface area contributed by atoms with Crippen LogP contribution in [0.4, 0.5) is 4.79 Å². The number of hydrogen-bond donors (Lipinski definition) is 2. The Morgan fingerprint density at radius 3 is 2.56 bits per heavy atom. The molecule has 0 spiro atoms. The highest BCUT2D eigenvalue weighted by atomic mass is 16.6. The highest BCUT2D eigenvalue weighted by Gasteiger charge is 2.35. The predicted molar refractivity (Wildman–Crippen MR) is 95.3 cm³/mol. The third-order valence-corrected chi connectivity index (χ3v) is 4.57. The molecule has 1 fully saturated rings. The number of benzene rings is 1. The number of rotatable bonds is 7. The summed E-state index contributed by atoms with van der Waals surface area (Å²) >= 11 is 0. The van der Waals surface area contributed by atoms with Gasteiger partial charge in [0.2, 0.25) is 0 Å². The van der Waals surface area contributed by atoms with Crippen LogP contribution in [0.15, 0.2) is 30.3 Å². The Balaban J connectivity index is 2.03. The molecule has 1 aliphatic rings. The van der Waals surface area contributed by atoms with Gasteiger partial charge < -0.3 is 20.1 Å². The topological polar surface area (TPSA) is 78.9 Å². The molecule has 2 rings (SSSR count). The van der Waals surface area contributed by atoms with Gasteiger partial charge in [-0.1, -0.05) is 43.2 Å². The molecular formula is C19H28N2O4. The zero-order valence-electron chi connectivity index (χ0n) is 15.0. The van der Waals surface area contributed by atoms with Crippen LogP contribution in [0, 0.1) is 0 Å². The first kappa shape index (κ1) is 19.2. The number of nitrogens with one attached hydrogen (secondary N) is 1. The van der Waals surface area contributed by atoms with Gasteiger partial charge in [-0.3, -0.25) is 4.79 Å². The van der Waals surface area contributed by atoms with E-state index in [9.17, 15) is 9.59 Å². The van der Waals surface area contributed by atoms with Crippen LogP contribution in [0.3, 0.4) is 0 Å². The fraction of sp³-hybridized carbons (Fsp3) is 0.579. The number of carbonyl (C=O) groups is 2. The maximum Gasteiger partial charge on any atom is 0.410 e. The minimum atomic E-state index is -0.882. The van der Waals surface area contributed by atoms with E-state index in [2.05, 4.69) is 5.32 Å². The number of aliphatic carboxylic acids is 1. The smallest absolute Gasteiger partial charge is 0.410 e. The maximum atomic E-state index is 12.7. The van der Waals surface area contributed by atoms with E-state index in [-0.39, 0.29) is 37.4 Å². The van der Waals surface area contributed by atoms with Gasteiger partial charge in [-0.05, 0) is 32.3 Å². The summed E-state index contributed by atoms with van der Waals surface area (Å²) in [4.78, 5) is 25.3. The van der Waals surface area contributed by atoms with Gasteiger partial charge in [0.15, 0.2) is 0 Å². The zero-order chi connectivity index (χ0) is 18.2. The molecular weight excluding hydrogens is 320 g/mol. The number of carboxylic acids is 1. The van der Waals surface area contributed by atoms with E-state index in [1.807, 2.05) is 44.2 Å². The Bertz CT molecular complexity index is 562. The van der Waals surface area contributed by atoms with E-state index in [1.54, 1.807) is 4.90 Å². The summed E-state index contributed by atoms with van der Waals surface area (Å²) in [6.07, 6.45) is 3.46. The third kappa shape index (κ3) is 5.74. The second-order valence-electron chi connectivity index (χ2n) is 6.77. The molecule has 2 unspecified atom stereocenters. The fourth-order valence-corrected chi connectivity index (χ4v) is 3.42. The van der Waals surface area contributed by atoms with Gasteiger partial charge in [-0.2, -0.15) is 0 Å². The van der Waals surface area contributed by atoms with Crippen molar-refractivity contribution < 1.29 is 19.4 Å². The van der Waals surface area contributed by atoms with Crippen LogP contribution in [-0.2, 0) is 16.1 Å². The van der Waals surface area contributed by atoms with Gasteiger partial charge in [-0.25, -0.2) is 4.79 Å². The van der Waals surface area contributed by atoms with Crippen LogP contribution in [0.2, 0.25) is 0 Å². The van der Waals surface area contributed by atoms with Gasteiger partial charge in [0.1, 0.15) is 6.61 Å². The molecule has 0 saturated heterocycles. The van der Waals surface area contributed by atoms with Crippen molar-refractivity contribution in [3.63, 3.8) is 0 Å². The first-order valence-corrected chi connectivity index (χ1v) is 8.93. The number of carbonyl (C=O) groups excluding carboxylic acids is 1. The van der Waals surface area contributed by atoms with Crippen molar-refractivity contribution in [2.45, 2.75) is 64.3 Å². The number of ether oxygens (including phenoxy) is 1. The number of nitrogens with zero attached hydrogens (tertiary/aromatic N) is 1. The molecule has 6 nitrogen and oxygen atoms in total. The van der Waals surface area contributed by atoms with Crippen molar-refractivity contribution in [3.05, 3.63) is 35.9 Å². The molecule has 0 aliphatic heterocycles. The number of carboxylic acid groups (broad SMARTS) is 1. The van der Waals surface area contributed by atoms with Gasteiger partial charge >= 0.3 is 12.1 Å². The lowest BCUT2D eigenvalue weighted by molar-refractivity contribution is -0.136. The van der Waals surface area contributed by atoms with Gasteiger partial charge in [0, 0.05) is 12.1 Å². The van der Waals surface area contributed by atoms with Crippen molar-refractivity contribution >= 4 is 12.1 Å². The van der Waals surface area contributed by atoms with E-state index in [0.29, 0.717) is 0 Å². The molecule has 0 bridgehead atoms. The van der Waals surface area contributed by atoms with Crippen LogP contribution in [0.1, 0.15) is 45.1 Å². The van der Waals surface area contributed by atoms with Crippen molar-refractivity contribution in [2.75, 3.05) is 6.54 Å². The summed E-state index contributed by atoms with van der Waals surface area (Å²) in [6.45, 7) is 4.08. The summed E-state index contributed by atoms with van der Waals surface area (Å²) in [5, 5.41) is 12.0. The molecule has 1 aromatic rings. The van der Waals surface area contributed by atoms with Crippen LogP contribution < -0.4 is 5.32 Å². The lowest BCUT2D eigenvalue weighted by atomic mass is 9.88. The summed E-state index contributed by atoms with van der Waals surface area (Å²) in [5.41, 5.74) is 0.948. The number of hydrogen-bond acceptors (Lipinski definition) is 4. The van der Waals surface area contributed by atoms with Crippen LogP contribution in [-0.4, -0.2) is 46.7 Å². The molecule has 0 aromatic heterocycles. The first-order valence-electron chi connectivity index (χ1n) is 8.93. The zero-order valence-corrected chi connectivity index (χ0v) is 15.0. The highest BCUT2D eigenvalue weighted by Crippen LogP contribution is 2.26. The molecule has 138 valence electrons. The van der Waals surface area contributed by atoms with Crippen LogP contribution in [0.5, 0.6) is 0 Å². The first-order chi connectivity index (χ1) is 12.0. The summed E-state index contributed by atoms with van der Waals surface area (Å²) in [6, 6.07) is 9.52. The maximum absolute atomic E-state index is 12.7. The second kappa shape index (κ2) is 9.42. The van der Waals surface area contributed by atoms with Crippen molar-refractivity contribution in [2.24, 2.45) is 0 Å². The third-order valence-electron chi connectivity index (χ3n) is 4.57. The van der Waals surface area contributed by atoms with Gasteiger partial charge in [0.25, 0.3) is 0 Å². The SMILES string of the molecule is CC(C)N(C(=O)OCc1ccccc1)C1CCCCC1NCC(=O)O. The van der Waals surface area contributed by atoms with E-state index in [4.69, 9.17) is 9.84 Å². The molecule has 0 radical (unpaired) electrons. The van der Waals surface area contributed by atoms with E-state index in [0.717, 1.165) is 31.2 Å². The van der Waals surface area contributed by atoms with E-state index in [1.165, 1.54) is 0 Å². The fourth-order valence-electron chi connectivity index (χ4n) is 3.42.